The van der Waals surface area contributed by atoms with Gasteiger partial charge in [-0.3, -0.25) is 4.79 Å². The molecule has 2 aromatic rings. The van der Waals surface area contributed by atoms with Gasteiger partial charge in [-0.2, -0.15) is 12.6 Å². The van der Waals surface area contributed by atoms with Crippen LogP contribution in [0.5, 0.6) is 0 Å². The van der Waals surface area contributed by atoms with Crippen molar-refractivity contribution in [3.05, 3.63) is 45.6 Å². The van der Waals surface area contributed by atoms with Crippen molar-refractivity contribution in [2.24, 2.45) is 0 Å². The molecule has 0 radical (unpaired) electrons. The fourth-order valence-electron chi connectivity index (χ4n) is 1.85. The molecule has 2 heterocycles. The Hall–Kier alpha value is -1.00. The SMILES string of the molecule is CC(C)n1c(-c2cccs2)ccc(CS)c1=O. The maximum Gasteiger partial charge on any atom is 0.255 e. The van der Waals surface area contributed by atoms with Crippen LogP contribution in [0.15, 0.2) is 34.4 Å². The Morgan fingerprint density at radius 2 is 2.12 bits per heavy atom. The van der Waals surface area contributed by atoms with Gasteiger partial charge < -0.3 is 4.57 Å². The van der Waals surface area contributed by atoms with Crippen LogP contribution in [0, 0.1) is 0 Å². The van der Waals surface area contributed by atoms with E-state index in [2.05, 4.69) is 12.6 Å². The van der Waals surface area contributed by atoms with Crippen LogP contribution in [0.3, 0.4) is 0 Å². The number of hydrogen-bond donors (Lipinski definition) is 1. The van der Waals surface area contributed by atoms with Crippen LogP contribution in [0.1, 0.15) is 25.5 Å². The summed E-state index contributed by atoms with van der Waals surface area (Å²) in [6.07, 6.45) is 0. The molecule has 2 aromatic heterocycles. The van der Waals surface area contributed by atoms with Gasteiger partial charge in [-0.25, -0.2) is 0 Å². The second-order valence-electron chi connectivity index (χ2n) is 4.15. The zero-order valence-corrected chi connectivity index (χ0v) is 11.6. The number of aromatic nitrogens is 1. The fourth-order valence-corrected chi connectivity index (χ4v) is 2.84. The quantitative estimate of drug-likeness (QED) is 0.842. The molecule has 0 unspecified atom stereocenters. The Labute approximate surface area is 110 Å². The Bertz CT molecular complexity index is 555. The minimum atomic E-state index is 0.0703. The molecular formula is C13H15NOS2. The van der Waals surface area contributed by atoms with Crippen molar-refractivity contribution in [2.45, 2.75) is 25.6 Å². The highest BCUT2D eigenvalue weighted by Crippen LogP contribution is 2.25. The molecule has 0 saturated carbocycles. The second kappa shape index (κ2) is 5.10. The van der Waals surface area contributed by atoms with Crippen LogP contribution in [-0.4, -0.2) is 4.57 Å². The highest BCUT2D eigenvalue weighted by molar-refractivity contribution is 7.79. The molecule has 0 aliphatic carbocycles. The Kier molecular flexibility index (Phi) is 3.74. The topological polar surface area (TPSA) is 22.0 Å². The number of thiophene rings is 1. The van der Waals surface area contributed by atoms with E-state index in [0.717, 1.165) is 16.1 Å². The molecule has 0 bridgehead atoms. The molecule has 0 spiro atoms. The van der Waals surface area contributed by atoms with E-state index >= 15 is 0 Å². The Morgan fingerprint density at radius 1 is 1.35 bits per heavy atom. The molecule has 0 aliphatic heterocycles. The number of pyridine rings is 1. The number of nitrogens with zero attached hydrogens (tertiary/aromatic N) is 1. The Morgan fingerprint density at radius 3 is 2.65 bits per heavy atom. The van der Waals surface area contributed by atoms with Gasteiger partial charge >= 0.3 is 0 Å². The van der Waals surface area contributed by atoms with E-state index in [1.807, 2.05) is 48.1 Å². The molecule has 0 atom stereocenters. The fraction of sp³-hybridized carbons (Fsp3) is 0.308. The third-order valence-electron chi connectivity index (χ3n) is 2.66. The summed E-state index contributed by atoms with van der Waals surface area (Å²) in [4.78, 5) is 13.4. The first kappa shape index (κ1) is 12.5. The van der Waals surface area contributed by atoms with Gasteiger partial charge in [-0.15, -0.1) is 11.3 Å². The van der Waals surface area contributed by atoms with E-state index in [1.54, 1.807) is 11.3 Å². The molecule has 0 fully saturated rings. The zero-order valence-electron chi connectivity index (χ0n) is 9.88. The summed E-state index contributed by atoms with van der Waals surface area (Å²) in [7, 11) is 0. The van der Waals surface area contributed by atoms with E-state index in [4.69, 9.17) is 0 Å². The van der Waals surface area contributed by atoms with E-state index in [9.17, 15) is 4.79 Å². The van der Waals surface area contributed by atoms with Crippen molar-refractivity contribution in [2.75, 3.05) is 0 Å². The second-order valence-corrected chi connectivity index (χ2v) is 5.41. The molecule has 2 rings (SSSR count). The largest absolute Gasteiger partial charge is 0.305 e. The first-order chi connectivity index (χ1) is 8.15. The van der Waals surface area contributed by atoms with Crippen LogP contribution >= 0.6 is 24.0 Å². The lowest BCUT2D eigenvalue weighted by atomic mass is 10.2. The predicted molar refractivity (Wildman–Crippen MR) is 77.1 cm³/mol. The summed E-state index contributed by atoms with van der Waals surface area (Å²) in [6.45, 7) is 4.06. The average Bonchev–Trinajstić information content (AvgIpc) is 2.81. The standard InChI is InChI=1S/C13H15NOS2/c1-9(2)14-11(12-4-3-7-17-12)6-5-10(8-16)13(14)15/h3-7,9,16H,8H2,1-2H3. The minimum Gasteiger partial charge on any atom is -0.305 e. The van der Waals surface area contributed by atoms with E-state index in [0.29, 0.717) is 5.75 Å². The molecule has 0 N–H and O–H groups in total. The summed E-state index contributed by atoms with van der Waals surface area (Å²) in [5.74, 6) is 0.482. The summed E-state index contributed by atoms with van der Waals surface area (Å²) in [6, 6.07) is 8.09. The highest BCUT2D eigenvalue weighted by atomic mass is 32.1. The molecular weight excluding hydrogens is 250 g/mol. The van der Waals surface area contributed by atoms with Gasteiger partial charge in [0.15, 0.2) is 0 Å². The lowest BCUT2D eigenvalue weighted by Gasteiger charge is -2.16. The van der Waals surface area contributed by atoms with E-state index in [1.165, 1.54) is 0 Å². The molecule has 0 amide bonds. The first-order valence-corrected chi connectivity index (χ1v) is 7.05. The summed E-state index contributed by atoms with van der Waals surface area (Å²) in [5, 5.41) is 2.02. The molecule has 4 heteroatoms. The van der Waals surface area contributed by atoms with E-state index < -0.39 is 0 Å². The van der Waals surface area contributed by atoms with Gasteiger partial charge in [0.25, 0.3) is 5.56 Å². The molecule has 17 heavy (non-hydrogen) atoms. The van der Waals surface area contributed by atoms with Crippen molar-refractivity contribution in [1.29, 1.82) is 0 Å². The maximum absolute atomic E-state index is 12.3. The smallest absolute Gasteiger partial charge is 0.255 e. The van der Waals surface area contributed by atoms with Gasteiger partial charge in [0.05, 0.1) is 10.6 Å². The molecule has 0 aromatic carbocycles. The molecule has 90 valence electrons. The van der Waals surface area contributed by atoms with Crippen LogP contribution < -0.4 is 5.56 Å². The van der Waals surface area contributed by atoms with Crippen LogP contribution in [0.2, 0.25) is 0 Å². The van der Waals surface area contributed by atoms with E-state index in [-0.39, 0.29) is 11.6 Å². The third kappa shape index (κ3) is 2.33. The van der Waals surface area contributed by atoms with Crippen molar-refractivity contribution >= 4 is 24.0 Å². The minimum absolute atomic E-state index is 0.0703. The van der Waals surface area contributed by atoms with Crippen molar-refractivity contribution in [3.63, 3.8) is 0 Å². The average molecular weight is 265 g/mol. The van der Waals surface area contributed by atoms with Gasteiger partial charge in [0.1, 0.15) is 0 Å². The van der Waals surface area contributed by atoms with Gasteiger partial charge in [0.2, 0.25) is 0 Å². The number of thiol groups is 1. The third-order valence-corrected chi connectivity index (χ3v) is 3.89. The van der Waals surface area contributed by atoms with Gasteiger partial charge in [0, 0.05) is 17.4 Å². The first-order valence-electron chi connectivity index (χ1n) is 5.54. The van der Waals surface area contributed by atoms with Crippen LogP contribution in [-0.2, 0) is 5.75 Å². The summed E-state index contributed by atoms with van der Waals surface area (Å²) < 4.78 is 1.84. The normalized spacial score (nSPS) is 11.1. The molecule has 2 nitrogen and oxygen atoms in total. The summed E-state index contributed by atoms with van der Waals surface area (Å²) >= 11 is 5.85. The van der Waals surface area contributed by atoms with Crippen molar-refractivity contribution in [3.8, 4) is 10.6 Å². The predicted octanol–water partition coefficient (Wildman–Crippen LogP) is 3.59. The van der Waals surface area contributed by atoms with Gasteiger partial charge in [-0.1, -0.05) is 12.1 Å². The maximum atomic E-state index is 12.3. The number of hydrogen-bond acceptors (Lipinski definition) is 3. The van der Waals surface area contributed by atoms with Crippen molar-refractivity contribution in [1.82, 2.24) is 4.57 Å². The van der Waals surface area contributed by atoms with Crippen LogP contribution in [0.25, 0.3) is 10.6 Å². The highest BCUT2D eigenvalue weighted by Gasteiger charge is 2.12. The molecule has 0 saturated heterocycles. The lowest BCUT2D eigenvalue weighted by molar-refractivity contribution is 0.582. The molecule has 0 aliphatic rings. The van der Waals surface area contributed by atoms with Crippen molar-refractivity contribution < 1.29 is 0 Å². The Balaban J connectivity index is 2.69. The summed E-state index contributed by atoms with van der Waals surface area (Å²) in [5.41, 5.74) is 1.81. The zero-order chi connectivity index (χ0) is 12.4. The van der Waals surface area contributed by atoms with Crippen LogP contribution in [0.4, 0.5) is 0 Å². The lowest BCUT2D eigenvalue weighted by Crippen LogP contribution is -2.25. The monoisotopic (exact) mass is 265 g/mol. The van der Waals surface area contributed by atoms with Gasteiger partial charge in [-0.05, 0) is 31.4 Å². The number of rotatable bonds is 3.